The van der Waals surface area contributed by atoms with Gasteiger partial charge < -0.3 is 18.8 Å². The van der Waals surface area contributed by atoms with Crippen LogP contribution in [0.4, 0.5) is 14.5 Å². The van der Waals surface area contributed by atoms with E-state index in [4.69, 9.17) is 4.74 Å². The molecule has 8 heteroatoms. The molecule has 0 bridgehead atoms. The van der Waals surface area contributed by atoms with Crippen molar-refractivity contribution in [3.63, 3.8) is 0 Å². The van der Waals surface area contributed by atoms with E-state index in [1.54, 1.807) is 6.07 Å². The predicted molar refractivity (Wildman–Crippen MR) is 132 cm³/mol. The maximum Gasteiger partial charge on any atom is 0.341 e. The standard InChI is InChI=1S/C21H32F2N2O.C6H6O3/c1-3-18-6-5-17(16-24-11-9-21(22,23)10-12-24)15-20(18)25(4-2)19-7-13-26-14-8-19;1-8-6(7)5-2-3-9-4-5/h5-6,15,19H,3-4,7-14,16H2,1-2H3;2-4H,1H3. The van der Waals surface area contributed by atoms with E-state index in [1.807, 2.05) is 0 Å². The quantitative estimate of drug-likeness (QED) is 0.473. The van der Waals surface area contributed by atoms with Gasteiger partial charge in [-0.05, 0) is 49.4 Å². The van der Waals surface area contributed by atoms with E-state index in [0.717, 1.165) is 45.6 Å². The maximum absolute atomic E-state index is 13.4. The minimum Gasteiger partial charge on any atom is -0.472 e. The Morgan fingerprint density at radius 2 is 1.89 bits per heavy atom. The molecule has 0 saturated carbocycles. The summed E-state index contributed by atoms with van der Waals surface area (Å²) in [7, 11) is 1.33. The van der Waals surface area contributed by atoms with Crippen LogP contribution in [0.1, 0.15) is 61.0 Å². The Bertz CT molecular complexity index is 904. The number of carbonyl (C=O) groups is 1. The molecule has 2 aliphatic rings. The molecule has 2 fully saturated rings. The van der Waals surface area contributed by atoms with Crippen LogP contribution in [0.5, 0.6) is 0 Å². The number of rotatable bonds is 7. The summed E-state index contributed by atoms with van der Waals surface area (Å²) in [5.41, 5.74) is 4.36. The highest BCUT2D eigenvalue weighted by Gasteiger charge is 2.34. The molecule has 0 radical (unpaired) electrons. The highest BCUT2D eigenvalue weighted by molar-refractivity contribution is 5.88. The fourth-order valence-corrected chi connectivity index (χ4v) is 4.69. The van der Waals surface area contributed by atoms with E-state index >= 15 is 0 Å². The lowest BCUT2D eigenvalue weighted by Crippen LogP contribution is -2.40. The largest absolute Gasteiger partial charge is 0.472 e. The van der Waals surface area contributed by atoms with Crippen LogP contribution in [0, 0.1) is 0 Å². The lowest BCUT2D eigenvalue weighted by molar-refractivity contribution is -0.0566. The second-order valence-electron chi connectivity index (χ2n) is 9.08. The molecule has 4 rings (SSSR count). The van der Waals surface area contributed by atoms with Crippen molar-refractivity contribution in [1.82, 2.24) is 4.90 Å². The van der Waals surface area contributed by atoms with Crippen LogP contribution in [-0.2, 0) is 22.4 Å². The molecular formula is C27H38F2N2O4. The van der Waals surface area contributed by atoms with E-state index in [0.29, 0.717) is 24.7 Å². The lowest BCUT2D eigenvalue weighted by atomic mass is 10.0. The van der Waals surface area contributed by atoms with Gasteiger partial charge in [-0.3, -0.25) is 4.90 Å². The summed E-state index contributed by atoms with van der Waals surface area (Å²) < 4.78 is 41.4. The lowest BCUT2D eigenvalue weighted by Gasteiger charge is -2.37. The van der Waals surface area contributed by atoms with E-state index in [-0.39, 0.29) is 18.8 Å². The van der Waals surface area contributed by atoms with Gasteiger partial charge in [0, 0.05) is 64.0 Å². The highest BCUT2D eigenvalue weighted by atomic mass is 19.3. The summed E-state index contributed by atoms with van der Waals surface area (Å²) in [6, 6.07) is 8.78. The number of aryl methyl sites for hydroxylation is 1. The van der Waals surface area contributed by atoms with Gasteiger partial charge in [-0.25, -0.2) is 13.6 Å². The first-order valence-corrected chi connectivity index (χ1v) is 12.5. The number of carbonyl (C=O) groups excluding carboxylic acids is 1. The minimum atomic E-state index is -2.48. The molecule has 6 nitrogen and oxygen atoms in total. The van der Waals surface area contributed by atoms with Crippen molar-refractivity contribution in [2.24, 2.45) is 0 Å². The number of anilines is 1. The van der Waals surface area contributed by atoms with E-state index in [2.05, 4.69) is 51.0 Å². The number of alkyl halides is 2. The van der Waals surface area contributed by atoms with Crippen molar-refractivity contribution >= 4 is 11.7 Å². The number of hydrogen-bond acceptors (Lipinski definition) is 6. The zero-order chi connectivity index (χ0) is 25.3. The molecule has 0 unspecified atom stereocenters. The van der Waals surface area contributed by atoms with Gasteiger partial charge in [0.15, 0.2) is 0 Å². The molecule has 2 saturated heterocycles. The fraction of sp³-hybridized carbons (Fsp3) is 0.593. The smallest absolute Gasteiger partial charge is 0.341 e. The summed E-state index contributed by atoms with van der Waals surface area (Å²) in [5.74, 6) is -2.85. The number of piperidine rings is 1. The molecule has 35 heavy (non-hydrogen) atoms. The number of hydrogen-bond donors (Lipinski definition) is 0. The van der Waals surface area contributed by atoms with Crippen molar-refractivity contribution in [2.75, 3.05) is 44.9 Å². The van der Waals surface area contributed by atoms with Crippen LogP contribution >= 0.6 is 0 Å². The molecular weight excluding hydrogens is 454 g/mol. The molecule has 1 aromatic carbocycles. The van der Waals surface area contributed by atoms with Crippen molar-refractivity contribution < 1.29 is 27.5 Å². The van der Waals surface area contributed by atoms with Gasteiger partial charge in [0.2, 0.25) is 0 Å². The Morgan fingerprint density at radius 1 is 1.17 bits per heavy atom. The van der Waals surface area contributed by atoms with E-state index in [1.165, 1.54) is 36.5 Å². The van der Waals surface area contributed by atoms with Crippen LogP contribution < -0.4 is 4.90 Å². The van der Waals surface area contributed by atoms with Gasteiger partial charge >= 0.3 is 5.97 Å². The van der Waals surface area contributed by atoms with Crippen molar-refractivity contribution in [2.45, 2.75) is 64.5 Å². The summed E-state index contributed by atoms with van der Waals surface area (Å²) >= 11 is 0. The van der Waals surface area contributed by atoms with Gasteiger partial charge in [0.1, 0.15) is 6.26 Å². The van der Waals surface area contributed by atoms with Crippen molar-refractivity contribution in [3.05, 3.63) is 53.5 Å². The predicted octanol–water partition coefficient (Wildman–Crippen LogP) is 5.55. The molecule has 0 N–H and O–H groups in total. The van der Waals surface area contributed by atoms with Crippen LogP contribution in [0.2, 0.25) is 0 Å². The van der Waals surface area contributed by atoms with Gasteiger partial charge in [0.25, 0.3) is 5.92 Å². The first-order chi connectivity index (χ1) is 16.9. The monoisotopic (exact) mass is 492 g/mol. The molecule has 0 atom stereocenters. The number of nitrogens with zero attached hydrogens (tertiary/aromatic N) is 2. The first kappa shape index (κ1) is 27.1. The molecule has 0 aliphatic carbocycles. The van der Waals surface area contributed by atoms with Crippen LogP contribution in [0.3, 0.4) is 0 Å². The fourth-order valence-electron chi connectivity index (χ4n) is 4.69. The van der Waals surface area contributed by atoms with Crippen LogP contribution in [0.25, 0.3) is 0 Å². The zero-order valence-corrected chi connectivity index (χ0v) is 21.1. The number of likely N-dealkylation sites (tertiary alicyclic amines) is 1. The average molecular weight is 493 g/mol. The van der Waals surface area contributed by atoms with Crippen LogP contribution in [0.15, 0.2) is 41.2 Å². The molecule has 0 spiro atoms. The first-order valence-electron chi connectivity index (χ1n) is 12.5. The molecule has 3 heterocycles. The second-order valence-corrected chi connectivity index (χ2v) is 9.08. The Hall–Kier alpha value is -2.45. The number of esters is 1. The maximum atomic E-state index is 13.4. The van der Waals surface area contributed by atoms with Gasteiger partial charge in [0.05, 0.1) is 18.9 Å². The number of ether oxygens (including phenoxy) is 2. The Balaban J connectivity index is 0.000000320. The topological polar surface area (TPSA) is 55.2 Å². The van der Waals surface area contributed by atoms with Gasteiger partial charge in [-0.15, -0.1) is 0 Å². The second kappa shape index (κ2) is 13.0. The summed E-state index contributed by atoms with van der Waals surface area (Å²) in [6.45, 7) is 8.80. The number of methoxy groups -OCH3 is 1. The zero-order valence-electron chi connectivity index (χ0n) is 21.1. The van der Waals surface area contributed by atoms with Gasteiger partial charge in [-0.2, -0.15) is 0 Å². The summed E-state index contributed by atoms with van der Waals surface area (Å²) in [4.78, 5) is 15.3. The molecule has 1 aromatic heterocycles. The number of halogens is 2. The number of benzene rings is 1. The minimum absolute atomic E-state index is 0.0178. The Kier molecular flexibility index (Phi) is 10.1. The average Bonchev–Trinajstić information content (AvgIpc) is 3.42. The van der Waals surface area contributed by atoms with E-state index < -0.39 is 5.92 Å². The Morgan fingerprint density at radius 3 is 2.46 bits per heavy atom. The van der Waals surface area contributed by atoms with Crippen LogP contribution in [-0.4, -0.2) is 62.8 Å². The Labute approximate surface area is 207 Å². The normalized spacial score (nSPS) is 18.4. The SMILES string of the molecule is CCc1ccc(CN2CCC(F)(F)CC2)cc1N(CC)C1CCOCC1.COC(=O)c1ccoc1. The molecule has 194 valence electrons. The third kappa shape index (κ3) is 7.77. The molecule has 2 aromatic rings. The number of furan rings is 1. The van der Waals surface area contributed by atoms with Crippen molar-refractivity contribution in [3.8, 4) is 0 Å². The molecule has 2 aliphatic heterocycles. The van der Waals surface area contributed by atoms with Crippen molar-refractivity contribution in [1.29, 1.82) is 0 Å². The summed E-state index contributed by atoms with van der Waals surface area (Å²) in [6.07, 6.45) is 5.88. The van der Waals surface area contributed by atoms with Gasteiger partial charge in [-0.1, -0.05) is 19.1 Å². The highest BCUT2D eigenvalue weighted by Crippen LogP contribution is 2.31. The third-order valence-electron chi connectivity index (χ3n) is 6.75. The third-order valence-corrected chi connectivity index (χ3v) is 6.75. The summed E-state index contributed by atoms with van der Waals surface area (Å²) in [5, 5.41) is 0. The molecule has 0 amide bonds. The van der Waals surface area contributed by atoms with E-state index in [9.17, 15) is 13.6 Å².